The van der Waals surface area contributed by atoms with Gasteiger partial charge < -0.3 is 18.8 Å². The number of thiophene rings is 1. The number of aromatic nitrogens is 2. The van der Waals surface area contributed by atoms with Gasteiger partial charge in [-0.3, -0.25) is 4.90 Å². The van der Waals surface area contributed by atoms with Gasteiger partial charge in [-0.15, -0.1) is 11.3 Å². The highest BCUT2D eigenvalue weighted by atomic mass is 32.1. The second-order valence-corrected chi connectivity index (χ2v) is 20.5. The van der Waals surface area contributed by atoms with Crippen LogP contribution >= 0.6 is 11.3 Å². The van der Waals surface area contributed by atoms with E-state index in [2.05, 4.69) is 48.7 Å². The zero-order chi connectivity index (χ0) is 29.6. The van der Waals surface area contributed by atoms with Gasteiger partial charge in [0.25, 0.3) is 0 Å². The van der Waals surface area contributed by atoms with E-state index in [-0.39, 0.29) is 17.2 Å². The van der Waals surface area contributed by atoms with Gasteiger partial charge >= 0.3 is 6.09 Å². The molecule has 2 aliphatic carbocycles. The second kappa shape index (κ2) is 11.7. The number of carbonyl (C=O) groups excluding carboxylic acids is 1. The average molecular weight is 603 g/mol. The van der Waals surface area contributed by atoms with Gasteiger partial charge in [0.15, 0.2) is 8.32 Å². The molecule has 1 saturated heterocycles. The second-order valence-electron chi connectivity index (χ2n) is 14.7. The SMILES string of the molecule is CC(C)(C)OC(=O)N1CCN(C2CCC(Oc3ncnc4sc5c(c34)[C@@H](CO[Si](C)(C)C(C)(C)C)CC5)CC2)CC1. The van der Waals surface area contributed by atoms with Crippen molar-refractivity contribution in [3.8, 4) is 5.88 Å². The van der Waals surface area contributed by atoms with Gasteiger partial charge in [0.05, 0.1) is 5.39 Å². The van der Waals surface area contributed by atoms with Gasteiger partial charge in [0, 0.05) is 49.6 Å². The lowest BCUT2D eigenvalue weighted by atomic mass is 9.91. The predicted octanol–water partition coefficient (Wildman–Crippen LogP) is 6.99. The largest absolute Gasteiger partial charge is 0.474 e. The number of amides is 1. The standard InChI is InChI=1S/C31H50N4O4SSi/c1-30(2,3)39-29(36)35-17-15-34(16-18-35)22-10-12-23(13-11-22)38-27-26-25-21(19-37-41(7,8)31(4,5)6)9-14-24(25)40-28(26)33-20-32-27/h20-23H,9-19H2,1-8H3/t21-,22?,23?/m1/s1. The monoisotopic (exact) mass is 602 g/mol. The Morgan fingerprint density at radius 2 is 1.68 bits per heavy atom. The van der Waals surface area contributed by atoms with Crippen LogP contribution in [0.5, 0.6) is 5.88 Å². The molecule has 1 amide bonds. The number of rotatable bonds is 6. The number of ether oxygens (including phenoxy) is 2. The van der Waals surface area contributed by atoms with Crippen molar-refractivity contribution in [2.24, 2.45) is 0 Å². The third kappa shape index (κ3) is 6.91. The molecule has 8 nitrogen and oxygen atoms in total. The normalized spacial score (nSPS) is 24.5. The van der Waals surface area contributed by atoms with Crippen molar-refractivity contribution in [1.82, 2.24) is 19.8 Å². The number of fused-ring (bicyclic) bond motifs is 3. The summed E-state index contributed by atoms with van der Waals surface area (Å²) in [5.74, 6) is 1.15. The van der Waals surface area contributed by atoms with Crippen molar-refractivity contribution in [3.05, 3.63) is 16.8 Å². The first kappa shape index (κ1) is 30.7. The Morgan fingerprint density at radius 1 is 1.00 bits per heavy atom. The Bertz CT molecular complexity index is 1220. The van der Waals surface area contributed by atoms with Crippen molar-refractivity contribution in [2.45, 2.75) is 122 Å². The Morgan fingerprint density at radius 3 is 2.32 bits per heavy atom. The summed E-state index contributed by atoms with van der Waals surface area (Å²) in [4.78, 5) is 28.7. The minimum Gasteiger partial charge on any atom is -0.474 e. The molecule has 0 N–H and O–H groups in total. The fourth-order valence-corrected chi connectivity index (χ4v) is 8.39. The minimum absolute atomic E-state index is 0.172. The van der Waals surface area contributed by atoms with Crippen molar-refractivity contribution < 1.29 is 18.7 Å². The lowest BCUT2D eigenvalue weighted by Crippen LogP contribution is -2.53. The topological polar surface area (TPSA) is 77.0 Å². The maximum absolute atomic E-state index is 12.5. The molecule has 1 atom stereocenters. The van der Waals surface area contributed by atoms with Gasteiger partial charge in [-0.25, -0.2) is 14.8 Å². The van der Waals surface area contributed by atoms with Crippen LogP contribution in [0.1, 0.15) is 90.0 Å². The molecule has 1 saturated carbocycles. The molecular weight excluding hydrogens is 553 g/mol. The number of nitrogens with zero attached hydrogens (tertiary/aromatic N) is 4. The maximum atomic E-state index is 12.5. The van der Waals surface area contributed by atoms with Crippen LogP contribution in [0.2, 0.25) is 18.1 Å². The zero-order valence-electron chi connectivity index (χ0n) is 26.4. The molecule has 5 rings (SSSR count). The highest BCUT2D eigenvalue weighted by Gasteiger charge is 2.39. The zero-order valence-corrected chi connectivity index (χ0v) is 28.2. The van der Waals surface area contributed by atoms with Crippen LogP contribution in [0.3, 0.4) is 0 Å². The van der Waals surface area contributed by atoms with E-state index in [0.717, 1.165) is 87.4 Å². The molecule has 0 unspecified atom stereocenters. The quantitative estimate of drug-likeness (QED) is 0.330. The van der Waals surface area contributed by atoms with E-state index in [1.165, 1.54) is 10.4 Å². The van der Waals surface area contributed by atoms with Crippen LogP contribution in [0.4, 0.5) is 4.79 Å². The highest BCUT2D eigenvalue weighted by molar-refractivity contribution is 7.19. The van der Waals surface area contributed by atoms with E-state index in [1.807, 2.05) is 37.0 Å². The summed E-state index contributed by atoms with van der Waals surface area (Å²) >= 11 is 1.81. The molecule has 2 aromatic heterocycles. The Balaban J connectivity index is 1.18. The number of carbonyl (C=O) groups is 1. The van der Waals surface area contributed by atoms with E-state index >= 15 is 0 Å². The van der Waals surface area contributed by atoms with Gasteiger partial charge in [0.1, 0.15) is 22.9 Å². The fourth-order valence-electron chi connectivity index (χ4n) is 6.10. The van der Waals surface area contributed by atoms with Crippen molar-refractivity contribution in [3.63, 3.8) is 0 Å². The first-order chi connectivity index (χ1) is 19.2. The number of hydrogen-bond donors (Lipinski definition) is 0. The first-order valence-corrected chi connectivity index (χ1v) is 19.2. The summed E-state index contributed by atoms with van der Waals surface area (Å²) in [7, 11) is -1.82. The molecule has 1 aliphatic heterocycles. The molecule has 0 spiro atoms. The van der Waals surface area contributed by atoms with Crippen molar-refractivity contribution >= 4 is 36.0 Å². The van der Waals surface area contributed by atoms with Gasteiger partial charge in [0.2, 0.25) is 5.88 Å². The van der Waals surface area contributed by atoms with E-state index in [0.29, 0.717) is 12.0 Å². The molecule has 2 fully saturated rings. The number of aryl methyl sites for hydroxylation is 1. The molecule has 0 radical (unpaired) electrons. The molecule has 2 aromatic rings. The molecule has 0 bridgehead atoms. The van der Waals surface area contributed by atoms with Crippen LogP contribution < -0.4 is 4.74 Å². The van der Waals surface area contributed by atoms with Crippen LogP contribution in [0.25, 0.3) is 10.2 Å². The smallest absolute Gasteiger partial charge is 0.410 e. The Labute approximate surface area is 251 Å². The third-order valence-corrected chi connectivity index (χ3v) is 15.2. The van der Waals surface area contributed by atoms with Crippen LogP contribution in [0, 0.1) is 0 Å². The average Bonchev–Trinajstić information content (AvgIpc) is 3.46. The molecule has 3 aliphatic rings. The third-order valence-electron chi connectivity index (χ3n) is 9.55. The number of hydrogen-bond acceptors (Lipinski definition) is 8. The van der Waals surface area contributed by atoms with Crippen LogP contribution in [-0.4, -0.2) is 84.7 Å². The molecule has 3 heterocycles. The van der Waals surface area contributed by atoms with Crippen LogP contribution in [0.15, 0.2) is 6.33 Å². The maximum Gasteiger partial charge on any atom is 0.410 e. The molecular formula is C31H50N4O4SSi. The summed E-state index contributed by atoms with van der Waals surface area (Å²) in [6.45, 7) is 21.4. The van der Waals surface area contributed by atoms with Crippen LogP contribution in [-0.2, 0) is 15.6 Å². The summed E-state index contributed by atoms with van der Waals surface area (Å²) in [6, 6.07) is 0.545. The molecule has 228 valence electrons. The summed E-state index contributed by atoms with van der Waals surface area (Å²) < 4.78 is 18.9. The van der Waals surface area contributed by atoms with E-state index < -0.39 is 13.9 Å². The van der Waals surface area contributed by atoms with E-state index in [4.69, 9.17) is 13.9 Å². The lowest BCUT2D eigenvalue weighted by Gasteiger charge is -2.42. The van der Waals surface area contributed by atoms with Gasteiger partial charge in [-0.1, -0.05) is 20.8 Å². The highest BCUT2D eigenvalue weighted by Crippen LogP contribution is 2.47. The Hall–Kier alpha value is -1.75. The van der Waals surface area contributed by atoms with Gasteiger partial charge in [-0.2, -0.15) is 0 Å². The first-order valence-electron chi connectivity index (χ1n) is 15.5. The summed E-state index contributed by atoms with van der Waals surface area (Å²) in [5.41, 5.74) is 0.931. The van der Waals surface area contributed by atoms with Crippen molar-refractivity contribution in [1.29, 1.82) is 0 Å². The van der Waals surface area contributed by atoms with Crippen molar-refractivity contribution in [2.75, 3.05) is 32.8 Å². The molecule has 0 aromatic carbocycles. The molecule has 10 heteroatoms. The molecule has 41 heavy (non-hydrogen) atoms. The summed E-state index contributed by atoms with van der Waals surface area (Å²) in [5, 5.41) is 1.33. The minimum atomic E-state index is -1.82. The fraction of sp³-hybridized carbons (Fsp3) is 0.774. The summed E-state index contributed by atoms with van der Waals surface area (Å²) in [6.07, 6.45) is 8.12. The number of piperazine rings is 1. The van der Waals surface area contributed by atoms with Gasteiger partial charge in [-0.05, 0) is 83.0 Å². The van der Waals surface area contributed by atoms with E-state index in [1.54, 1.807) is 6.33 Å². The predicted molar refractivity (Wildman–Crippen MR) is 168 cm³/mol. The van der Waals surface area contributed by atoms with E-state index in [9.17, 15) is 4.79 Å². The Kier molecular flexibility index (Phi) is 8.78. The lowest BCUT2D eigenvalue weighted by molar-refractivity contribution is 0.00509.